The fourth-order valence-corrected chi connectivity index (χ4v) is 3.19. The van der Waals surface area contributed by atoms with Crippen LogP contribution in [0.5, 0.6) is 5.75 Å². The van der Waals surface area contributed by atoms with E-state index in [1.165, 1.54) is 16.7 Å². The Balaban J connectivity index is 1.66. The van der Waals surface area contributed by atoms with E-state index in [4.69, 9.17) is 4.74 Å². The summed E-state index contributed by atoms with van der Waals surface area (Å²) in [7, 11) is 0. The van der Waals surface area contributed by atoms with E-state index in [9.17, 15) is 0 Å². The van der Waals surface area contributed by atoms with E-state index in [0.717, 1.165) is 29.8 Å². The molecule has 1 atom stereocenters. The topological polar surface area (TPSA) is 21.3 Å². The van der Waals surface area contributed by atoms with E-state index in [1.54, 1.807) is 0 Å². The lowest BCUT2D eigenvalue weighted by Gasteiger charge is -2.16. The Hall–Kier alpha value is -1.32. The van der Waals surface area contributed by atoms with Gasteiger partial charge < -0.3 is 10.1 Å². The van der Waals surface area contributed by atoms with Crippen LogP contribution in [0.4, 0.5) is 0 Å². The lowest BCUT2D eigenvalue weighted by Crippen LogP contribution is -2.18. The molecule has 0 aliphatic carbocycles. The van der Waals surface area contributed by atoms with Crippen molar-refractivity contribution in [3.05, 3.63) is 63.6 Å². The zero-order valence-electron chi connectivity index (χ0n) is 11.5. The van der Waals surface area contributed by atoms with Gasteiger partial charge in [-0.05, 0) is 35.7 Å². The molecule has 0 fully saturated rings. The fraction of sp³-hybridized carbons (Fsp3) is 0.294. The van der Waals surface area contributed by atoms with Crippen molar-refractivity contribution >= 4 is 15.9 Å². The van der Waals surface area contributed by atoms with E-state index < -0.39 is 0 Å². The summed E-state index contributed by atoms with van der Waals surface area (Å²) >= 11 is 3.61. The third-order valence-corrected chi connectivity index (χ3v) is 4.46. The standard InChI is InChI=1S/C17H18BrNO/c1-12(15-4-2-3-5-16(15)18)19-11-13-6-7-17-14(10-13)8-9-20-17/h2-7,10,12,19H,8-9,11H2,1H3/t12-/m0/s1. The number of fused-ring (bicyclic) bond motifs is 1. The second kappa shape index (κ2) is 5.98. The van der Waals surface area contributed by atoms with E-state index in [2.05, 4.69) is 64.6 Å². The summed E-state index contributed by atoms with van der Waals surface area (Å²) in [4.78, 5) is 0. The normalized spacial score (nSPS) is 14.7. The van der Waals surface area contributed by atoms with Gasteiger partial charge in [0.25, 0.3) is 0 Å². The minimum atomic E-state index is 0.315. The van der Waals surface area contributed by atoms with Crippen molar-refractivity contribution in [1.82, 2.24) is 5.32 Å². The molecule has 3 heteroatoms. The van der Waals surface area contributed by atoms with Gasteiger partial charge in [0.05, 0.1) is 6.61 Å². The van der Waals surface area contributed by atoms with Crippen molar-refractivity contribution in [2.75, 3.05) is 6.61 Å². The maximum Gasteiger partial charge on any atom is 0.122 e. The summed E-state index contributed by atoms with van der Waals surface area (Å²) in [5, 5.41) is 3.58. The molecule has 2 aromatic carbocycles. The third-order valence-electron chi connectivity index (χ3n) is 3.74. The van der Waals surface area contributed by atoms with Crippen molar-refractivity contribution in [2.24, 2.45) is 0 Å². The fourth-order valence-electron chi connectivity index (χ4n) is 2.56. The van der Waals surface area contributed by atoms with Gasteiger partial charge in [-0.2, -0.15) is 0 Å². The van der Waals surface area contributed by atoms with Crippen molar-refractivity contribution < 1.29 is 4.74 Å². The molecular weight excluding hydrogens is 314 g/mol. The van der Waals surface area contributed by atoms with Gasteiger partial charge in [0.2, 0.25) is 0 Å². The number of ether oxygens (including phenoxy) is 1. The summed E-state index contributed by atoms with van der Waals surface area (Å²) in [6, 6.07) is 15.1. The lowest BCUT2D eigenvalue weighted by atomic mass is 10.1. The van der Waals surface area contributed by atoms with Crippen molar-refractivity contribution in [3.8, 4) is 5.75 Å². The maximum atomic E-state index is 5.54. The number of hydrogen-bond acceptors (Lipinski definition) is 2. The molecule has 1 heterocycles. The maximum absolute atomic E-state index is 5.54. The van der Waals surface area contributed by atoms with Crippen LogP contribution < -0.4 is 10.1 Å². The molecule has 1 aliphatic rings. The van der Waals surface area contributed by atoms with E-state index in [-0.39, 0.29) is 0 Å². The Morgan fingerprint density at radius 1 is 1.25 bits per heavy atom. The van der Waals surface area contributed by atoms with Crippen molar-refractivity contribution in [1.29, 1.82) is 0 Å². The molecule has 0 unspecified atom stereocenters. The molecule has 2 nitrogen and oxygen atoms in total. The predicted molar refractivity (Wildman–Crippen MR) is 85.0 cm³/mol. The smallest absolute Gasteiger partial charge is 0.122 e. The van der Waals surface area contributed by atoms with Crippen LogP contribution in [-0.4, -0.2) is 6.61 Å². The van der Waals surface area contributed by atoms with Crippen LogP contribution in [0.25, 0.3) is 0 Å². The molecule has 0 bridgehead atoms. The predicted octanol–water partition coefficient (Wildman–Crippen LogP) is 4.23. The summed E-state index contributed by atoms with van der Waals surface area (Å²) < 4.78 is 6.69. The van der Waals surface area contributed by atoms with Gasteiger partial charge in [0.1, 0.15) is 5.75 Å². The minimum Gasteiger partial charge on any atom is -0.493 e. The van der Waals surface area contributed by atoms with Crippen LogP contribution in [0.1, 0.15) is 29.7 Å². The second-order valence-corrected chi connectivity index (χ2v) is 6.02. The summed E-state index contributed by atoms with van der Waals surface area (Å²) in [6.07, 6.45) is 1.03. The van der Waals surface area contributed by atoms with Crippen LogP contribution in [0.15, 0.2) is 46.9 Å². The zero-order chi connectivity index (χ0) is 13.9. The van der Waals surface area contributed by atoms with Gasteiger partial charge in [-0.25, -0.2) is 0 Å². The molecule has 0 aromatic heterocycles. The zero-order valence-corrected chi connectivity index (χ0v) is 13.1. The van der Waals surface area contributed by atoms with Crippen molar-refractivity contribution in [2.45, 2.75) is 25.9 Å². The number of halogens is 1. The Labute approximate surface area is 128 Å². The minimum absolute atomic E-state index is 0.315. The third kappa shape index (κ3) is 2.89. The number of hydrogen-bond donors (Lipinski definition) is 1. The average Bonchev–Trinajstić information content (AvgIpc) is 2.92. The molecule has 1 N–H and O–H groups in total. The van der Waals surface area contributed by atoms with Gasteiger partial charge in [-0.15, -0.1) is 0 Å². The van der Waals surface area contributed by atoms with E-state index >= 15 is 0 Å². The molecule has 3 rings (SSSR count). The summed E-state index contributed by atoms with van der Waals surface area (Å²) in [5.74, 6) is 1.05. The first-order valence-electron chi connectivity index (χ1n) is 6.96. The van der Waals surface area contributed by atoms with Gasteiger partial charge in [0, 0.05) is 23.5 Å². The van der Waals surface area contributed by atoms with Crippen LogP contribution >= 0.6 is 15.9 Å². The Bertz CT molecular complexity index is 612. The molecule has 0 saturated carbocycles. The van der Waals surface area contributed by atoms with Crippen LogP contribution in [0, 0.1) is 0 Å². The van der Waals surface area contributed by atoms with Gasteiger partial charge >= 0.3 is 0 Å². The van der Waals surface area contributed by atoms with Gasteiger partial charge in [-0.3, -0.25) is 0 Å². The van der Waals surface area contributed by atoms with Gasteiger partial charge in [0.15, 0.2) is 0 Å². The summed E-state index contributed by atoms with van der Waals surface area (Å²) in [6.45, 7) is 3.88. The monoisotopic (exact) mass is 331 g/mol. The Morgan fingerprint density at radius 3 is 2.95 bits per heavy atom. The highest BCUT2D eigenvalue weighted by Gasteiger charge is 2.13. The SMILES string of the molecule is C[C@H](NCc1ccc2c(c1)CCO2)c1ccccc1Br. The number of nitrogens with one attached hydrogen (secondary N) is 1. The first-order chi connectivity index (χ1) is 9.74. The second-order valence-electron chi connectivity index (χ2n) is 5.16. The molecular formula is C17H18BrNO. The van der Waals surface area contributed by atoms with Crippen molar-refractivity contribution in [3.63, 3.8) is 0 Å². The average molecular weight is 332 g/mol. The highest BCUT2D eigenvalue weighted by molar-refractivity contribution is 9.10. The quantitative estimate of drug-likeness (QED) is 0.904. The molecule has 2 aromatic rings. The number of benzene rings is 2. The highest BCUT2D eigenvalue weighted by atomic mass is 79.9. The van der Waals surface area contributed by atoms with E-state index in [0.29, 0.717) is 6.04 Å². The van der Waals surface area contributed by atoms with Crippen LogP contribution in [0.2, 0.25) is 0 Å². The molecule has 0 radical (unpaired) electrons. The highest BCUT2D eigenvalue weighted by Crippen LogP contribution is 2.27. The molecule has 0 spiro atoms. The molecule has 0 saturated heterocycles. The van der Waals surface area contributed by atoms with Crippen LogP contribution in [0.3, 0.4) is 0 Å². The summed E-state index contributed by atoms with van der Waals surface area (Å²) in [5.41, 5.74) is 3.93. The number of rotatable bonds is 4. The largest absolute Gasteiger partial charge is 0.493 e. The molecule has 1 aliphatic heterocycles. The molecule has 0 amide bonds. The van der Waals surface area contributed by atoms with Crippen LogP contribution in [-0.2, 0) is 13.0 Å². The Morgan fingerprint density at radius 2 is 2.10 bits per heavy atom. The van der Waals surface area contributed by atoms with Gasteiger partial charge in [-0.1, -0.05) is 46.3 Å². The Kier molecular flexibility index (Phi) is 4.08. The molecule has 20 heavy (non-hydrogen) atoms. The first-order valence-corrected chi connectivity index (χ1v) is 7.76. The molecule has 104 valence electrons. The van der Waals surface area contributed by atoms with E-state index in [1.807, 2.05) is 6.07 Å². The lowest BCUT2D eigenvalue weighted by molar-refractivity contribution is 0.357. The first kappa shape index (κ1) is 13.7.